The van der Waals surface area contributed by atoms with E-state index in [1.54, 1.807) is 0 Å². The van der Waals surface area contributed by atoms with Gasteiger partial charge in [-0.25, -0.2) is 0 Å². The summed E-state index contributed by atoms with van der Waals surface area (Å²) in [7, 11) is 0. The van der Waals surface area contributed by atoms with E-state index in [0.717, 1.165) is 32.1 Å². The highest BCUT2D eigenvalue weighted by Crippen LogP contribution is 2.19. The maximum absolute atomic E-state index is 12.5. The molecule has 3 atom stereocenters. The monoisotopic (exact) mass is 878 g/mol. The van der Waals surface area contributed by atoms with Crippen LogP contribution in [-0.4, -0.2) is 46.1 Å². The fourth-order valence-corrected chi connectivity index (χ4v) is 9.52. The average molecular weight is 879 g/mol. The molecule has 0 rings (SSSR count). The van der Waals surface area contributed by atoms with Crippen LogP contribution in [0.25, 0.3) is 0 Å². The van der Waals surface area contributed by atoms with Crippen LogP contribution in [0, 0.1) is 0 Å². The van der Waals surface area contributed by atoms with Crippen LogP contribution in [0.15, 0.2) is 0 Å². The molecule has 0 heterocycles. The van der Waals surface area contributed by atoms with Crippen LogP contribution in [0.5, 0.6) is 0 Å². The second kappa shape index (κ2) is 53.0. The maximum atomic E-state index is 12.5. The number of aliphatic hydroxyl groups is 3. The smallest absolute Gasteiger partial charge is 0.220 e. The van der Waals surface area contributed by atoms with Gasteiger partial charge in [0.05, 0.1) is 18.8 Å². The lowest BCUT2D eigenvalue weighted by Crippen LogP contribution is -2.50. The molecule has 4 N–H and O–H groups in total. The van der Waals surface area contributed by atoms with Crippen LogP contribution in [0.3, 0.4) is 0 Å². The van der Waals surface area contributed by atoms with E-state index in [1.165, 1.54) is 276 Å². The highest BCUT2D eigenvalue weighted by molar-refractivity contribution is 5.76. The Bertz CT molecular complexity index is 838. The van der Waals surface area contributed by atoms with E-state index in [2.05, 4.69) is 19.2 Å². The Morgan fingerprint density at radius 2 is 0.548 bits per heavy atom. The zero-order valence-corrected chi connectivity index (χ0v) is 42.5. The van der Waals surface area contributed by atoms with E-state index in [9.17, 15) is 20.1 Å². The lowest BCUT2D eigenvalue weighted by atomic mass is 9.99. The van der Waals surface area contributed by atoms with Gasteiger partial charge in [0.15, 0.2) is 0 Å². The molecule has 0 aromatic carbocycles. The van der Waals surface area contributed by atoms with Crippen molar-refractivity contribution < 1.29 is 20.1 Å². The van der Waals surface area contributed by atoms with Gasteiger partial charge in [0.2, 0.25) is 5.91 Å². The van der Waals surface area contributed by atoms with E-state index in [0.29, 0.717) is 12.8 Å². The minimum Gasteiger partial charge on any atom is -0.394 e. The van der Waals surface area contributed by atoms with Gasteiger partial charge in [-0.15, -0.1) is 0 Å². The summed E-state index contributed by atoms with van der Waals surface area (Å²) in [5, 5.41) is 33.7. The van der Waals surface area contributed by atoms with Gasteiger partial charge < -0.3 is 20.6 Å². The van der Waals surface area contributed by atoms with E-state index < -0.39 is 18.2 Å². The summed E-state index contributed by atoms with van der Waals surface area (Å²) in [6, 6.07) is -0.804. The molecule has 0 aliphatic carbocycles. The zero-order valence-electron chi connectivity index (χ0n) is 42.5. The summed E-state index contributed by atoms with van der Waals surface area (Å²) in [5.41, 5.74) is 0. The van der Waals surface area contributed by atoms with Crippen LogP contribution in [-0.2, 0) is 4.79 Å². The molecular formula is C57H115NO4. The first-order valence-electron chi connectivity index (χ1n) is 28.8. The zero-order chi connectivity index (χ0) is 45.1. The van der Waals surface area contributed by atoms with Crippen molar-refractivity contribution in [2.45, 2.75) is 353 Å². The van der Waals surface area contributed by atoms with Gasteiger partial charge in [-0.1, -0.05) is 316 Å². The Kier molecular flexibility index (Phi) is 52.4. The average Bonchev–Trinajstić information content (AvgIpc) is 3.28. The Hall–Kier alpha value is -0.650. The topological polar surface area (TPSA) is 89.8 Å². The first-order valence-corrected chi connectivity index (χ1v) is 28.8. The van der Waals surface area contributed by atoms with Crippen molar-refractivity contribution in [3.05, 3.63) is 0 Å². The van der Waals surface area contributed by atoms with Crippen LogP contribution in [0.1, 0.15) is 335 Å². The summed E-state index contributed by atoms with van der Waals surface area (Å²) >= 11 is 0. The summed E-state index contributed by atoms with van der Waals surface area (Å²) < 4.78 is 0. The highest BCUT2D eigenvalue weighted by atomic mass is 16.3. The molecule has 0 aromatic rings. The number of rotatable bonds is 54. The lowest BCUT2D eigenvalue weighted by molar-refractivity contribution is -0.124. The third-order valence-corrected chi connectivity index (χ3v) is 14.0. The Balaban J connectivity index is 3.44. The molecule has 0 radical (unpaired) electrons. The number of hydrogen-bond donors (Lipinski definition) is 4. The minimum atomic E-state index is -1.13. The number of carbonyl (C=O) groups excluding carboxylic acids is 1. The summed E-state index contributed by atoms with van der Waals surface area (Å²) in [4.78, 5) is 12.5. The molecule has 0 bridgehead atoms. The highest BCUT2D eigenvalue weighted by Gasteiger charge is 2.26. The number of amides is 1. The molecule has 372 valence electrons. The molecule has 0 aliphatic rings. The molecule has 1 amide bonds. The summed E-state index contributed by atoms with van der Waals surface area (Å²) in [6.07, 6.45) is 64.1. The van der Waals surface area contributed by atoms with Gasteiger partial charge in [-0.05, 0) is 12.8 Å². The fraction of sp³-hybridized carbons (Fsp3) is 0.982. The van der Waals surface area contributed by atoms with Crippen molar-refractivity contribution in [3.63, 3.8) is 0 Å². The lowest BCUT2D eigenvalue weighted by Gasteiger charge is -2.26. The number of nitrogens with one attached hydrogen (secondary N) is 1. The van der Waals surface area contributed by atoms with Crippen LogP contribution in [0.2, 0.25) is 0 Å². The van der Waals surface area contributed by atoms with Gasteiger partial charge in [-0.3, -0.25) is 4.79 Å². The molecule has 0 saturated heterocycles. The van der Waals surface area contributed by atoms with Crippen LogP contribution >= 0.6 is 0 Å². The molecule has 5 heteroatoms. The van der Waals surface area contributed by atoms with Crippen LogP contribution in [0.4, 0.5) is 0 Å². The molecule has 0 unspecified atom stereocenters. The molecule has 5 nitrogen and oxygen atoms in total. The van der Waals surface area contributed by atoms with Gasteiger partial charge in [0.25, 0.3) is 0 Å². The summed E-state index contributed by atoms with van der Waals surface area (Å²) in [6.45, 7) is 4.22. The summed E-state index contributed by atoms with van der Waals surface area (Å²) in [5.74, 6) is -0.136. The predicted octanol–water partition coefficient (Wildman–Crippen LogP) is 17.7. The number of hydrogen-bond acceptors (Lipinski definition) is 4. The fourth-order valence-electron chi connectivity index (χ4n) is 9.52. The minimum absolute atomic E-state index is 0.136. The van der Waals surface area contributed by atoms with Gasteiger partial charge >= 0.3 is 0 Å². The van der Waals surface area contributed by atoms with Crippen molar-refractivity contribution in [2.24, 2.45) is 0 Å². The van der Waals surface area contributed by atoms with Crippen molar-refractivity contribution >= 4 is 5.91 Å². The predicted molar refractivity (Wildman–Crippen MR) is 273 cm³/mol. The second-order valence-corrected chi connectivity index (χ2v) is 20.2. The van der Waals surface area contributed by atoms with Gasteiger partial charge in [0, 0.05) is 6.42 Å². The first-order chi connectivity index (χ1) is 30.6. The van der Waals surface area contributed by atoms with Gasteiger partial charge in [-0.2, -0.15) is 0 Å². The van der Waals surface area contributed by atoms with Crippen molar-refractivity contribution in [1.29, 1.82) is 0 Å². The standard InChI is InChI=1S/C57H115NO4/c1-3-5-7-9-11-13-15-17-19-21-22-23-24-25-26-27-28-29-30-31-32-33-34-35-36-38-40-42-44-46-48-50-52-56(61)58-54(53-59)57(62)55(60)51-49-47-45-43-41-39-37-20-18-16-14-12-10-8-6-4-2/h54-55,57,59-60,62H,3-53H2,1-2H3,(H,58,61)/t54-,55+,57-/m0/s1. The SMILES string of the molecule is CCCCCCCCCCCCCCCCCCCCCCCCCCCCCCCCCCC(=O)N[C@@H](CO)[C@H](O)[C@H](O)CCCCCCCCCCCCCCCCCC. The van der Waals surface area contributed by atoms with Gasteiger partial charge in [0.1, 0.15) is 6.10 Å². The molecular weight excluding hydrogens is 763 g/mol. The Morgan fingerprint density at radius 1 is 0.339 bits per heavy atom. The molecule has 0 aliphatic heterocycles. The van der Waals surface area contributed by atoms with Crippen molar-refractivity contribution in [1.82, 2.24) is 5.32 Å². The Labute approximate surface area is 389 Å². The molecule has 0 saturated carbocycles. The van der Waals surface area contributed by atoms with Crippen molar-refractivity contribution in [2.75, 3.05) is 6.61 Å². The van der Waals surface area contributed by atoms with E-state index in [4.69, 9.17) is 0 Å². The molecule has 0 fully saturated rings. The van der Waals surface area contributed by atoms with E-state index in [1.807, 2.05) is 0 Å². The number of unbranched alkanes of at least 4 members (excludes halogenated alkanes) is 46. The van der Waals surface area contributed by atoms with E-state index in [-0.39, 0.29) is 12.5 Å². The first kappa shape index (κ1) is 61.4. The van der Waals surface area contributed by atoms with Crippen LogP contribution < -0.4 is 5.32 Å². The molecule has 62 heavy (non-hydrogen) atoms. The third kappa shape index (κ3) is 47.3. The largest absolute Gasteiger partial charge is 0.394 e. The van der Waals surface area contributed by atoms with Crippen molar-refractivity contribution in [3.8, 4) is 0 Å². The second-order valence-electron chi connectivity index (χ2n) is 20.2. The quantitative estimate of drug-likeness (QED) is 0.0458. The Morgan fingerprint density at radius 3 is 0.774 bits per heavy atom. The number of aliphatic hydroxyl groups excluding tert-OH is 3. The molecule has 0 spiro atoms. The maximum Gasteiger partial charge on any atom is 0.220 e. The van der Waals surface area contributed by atoms with E-state index >= 15 is 0 Å². The molecule has 0 aromatic heterocycles. The number of carbonyl (C=O) groups is 1. The normalized spacial score (nSPS) is 13.2. The third-order valence-electron chi connectivity index (χ3n) is 14.0.